The van der Waals surface area contributed by atoms with Gasteiger partial charge < -0.3 is 10.0 Å². The van der Waals surface area contributed by atoms with Gasteiger partial charge in [0.1, 0.15) is 5.84 Å². The van der Waals surface area contributed by atoms with Crippen molar-refractivity contribution in [3.8, 4) is 0 Å². The average molecular weight is 249 g/mol. The Morgan fingerprint density at radius 2 is 2.00 bits per heavy atom. The highest BCUT2D eigenvalue weighted by Gasteiger charge is 2.38. The molecular weight excluding hydrogens is 226 g/mol. The molecule has 0 radical (unpaired) electrons. The van der Waals surface area contributed by atoms with Crippen LogP contribution in [0.3, 0.4) is 0 Å². The summed E-state index contributed by atoms with van der Waals surface area (Å²) in [5, 5.41) is 10.9. The van der Waals surface area contributed by atoms with Crippen molar-refractivity contribution in [2.45, 2.75) is 25.9 Å². The van der Waals surface area contributed by atoms with Crippen LogP contribution in [0.1, 0.15) is 20.3 Å². The smallest absolute Gasteiger partial charge is 0.163 e. The highest BCUT2D eigenvalue weighted by Crippen LogP contribution is 2.28. The summed E-state index contributed by atoms with van der Waals surface area (Å²) in [6, 6.07) is 0. The summed E-state index contributed by atoms with van der Waals surface area (Å²) in [6.07, 6.45) is 3.66. The Balaban J connectivity index is 5.97. The summed E-state index contributed by atoms with van der Waals surface area (Å²) in [7, 11) is 3.40. The second-order valence-electron chi connectivity index (χ2n) is 3.95. The zero-order valence-corrected chi connectivity index (χ0v) is 11.8. The lowest BCUT2D eigenvalue weighted by Crippen LogP contribution is -2.47. The third-order valence-electron chi connectivity index (χ3n) is 2.93. The molecule has 0 aromatic rings. The first-order chi connectivity index (χ1) is 8.42. The van der Waals surface area contributed by atoms with Gasteiger partial charge in [0, 0.05) is 14.1 Å². The maximum absolute atomic E-state index is 10.9. The van der Waals surface area contributed by atoms with Gasteiger partial charge in [-0.15, -0.1) is 0 Å². The van der Waals surface area contributed by atoms with Crippen molar-refractivity contribution < 1.29 is 5.11 Å². The van der Waals surface area contributed by atoms with E-state index in [1.165, 1.54) is 0 Å². The van der Waals surface area contributed by atoms with E-state index >= 15 is 0 Å². The van der Waals surface area contributed by atoms with Gasteiger partial charge in [0.25, 0.3) is 0 Å². The predicted octanol–water partition coefficient (Wildman–Crippen LogP) is 2.39. The molecule has 0 aliphatic rings. The molecule has 0 amide bonds. The van der Waals surface area contributed by atoms with E-state index in [0.29, 0.717) is 18.0 Å². The van der Waals surface area contributed by atoms with Crippen LogP contribution in [0.15, 0.2) is 46.7 Å². The number of allylic oxidation sites excluding steroid dienone is 2. The first kappa shape index (κ1) is 16.3. The quantitative estimate of drug-likeness (QED) is 0.446. The van der Waals surface area contributed by atoms with E-state index in [4.69, 9.17) is 0 Å². The standard InChI is InChI=1S/C14H23N3O/c1-8-11(4)12(15-5)14(18,9-2)13(16-6)17(7)10-3/h8,10,18H,1,3,5,9H2,2,4,6-7H3/b12-11-,16-13-. The molecule has 0 bridgehead atoms. The SMILES string of the molecule is C=C/C(C)=C(\N=C)C(O)(CC)/C(=N/C)N(C)C=C. The van der Waals surface area contributed by atoms with E-state index in [2.05, 4.69) is 29.9 Å². The molecule has 4 nitrogen and oxygen atoms in total. The normalized spacial score (nSPS) is 16.4. The van der Waals surface area contributed by atoms with Crippen molar-refractivity contribution in [3.63, 3.8) is 0 Å². The molecule has 1 atom stereocenters. The number of likely N-dealkylation sites (N-methyl/N-ethyl adjacent to an activating group) is 1. The van der Waals surface area contributed by atoms with E-state index < -0.39 is 5.60 Å². The molecule has 100 valence electrons. The highest BCUT2D eigenvalue weighted by atomic mass is 16.3. The third-order valence-corrected chi connectivity index (χ3v) is 2.93. The zero-order chi connectivity index (χ0) is 14.3. The Morgan fingerprint density at radius 3 is 2.28 bits per heavy atom. The molecule has 0 aliphatic carbocycles. The first-order valence-electron chi connectivity index (χ1n) is 5.78. The van der Waals surface area contributed by atoms with Gasteiger partial charge in [0.05, 0.1) is 5.70 Å². The van der Waals surface area contributed by atoms with Crippen molar-refractivity contribution >= 4 is 12.6 Å². The zero-order valence-electron chi connectivity index (χ0n) is 11.8. The van der Waals surface area contributed by atoms with Gasteiger partial charge in [-0.05, 0) is 31.8 Å². The summed E-state index contributed by atoms with van der Waals surface area (Å²) < 4.78 is 0. The molecule has 0 aromatic heterocycles. The number of aliphatic hydroxyl groups is 1. The Hall–Kier alpha value is -1.68. The van der Waals surface area contributed by atoms with Gasteiger partial charge in [-0.1, -0.05) is 26.2 Å². The molecular formula is C14H23N3O. The van der Waals surface area contributed by atoms with Crippen LogP contribution >= 0.6 is 0 Å². The minimum atomic E-state index is -1.29. The lowest BCUT2D eigenvalue weighted by atomic mass is 9.91. The molecule has 18 heavy (non-hydrogen) atoms. The lowest BCUT2D eigenvalue weighted by Gasteiger charge is -2.33. The number of hydrogen-bond donors (Lipinski definition) is 1. The predicted molar refractivity (Wildman–Crippen MR) is 79.0 cm³/mol. The van der Waals surface area contributed by atoms with Crippen molar-refractivity contribution in [1.29, 1.82) is 0 Å². The van der Waals surface area contributed by atoms with Gasteiger partial charge in [-0.25, -0.2) is 0 Å². The van der Waals surface area contributed by atoms with E-state index in [1.807, 2.05) is 13.8 Å². The molecule has 0 rings (SSSR count). The Labute approximate surface area is 110 Å². The maximum atomic E-state index is 10.9. The molecule has 0 aliphatic heterocycles. The van der Waals surface area contributed by atoms with E-state index in [1.54, 1.807) is 31.3 Å². The van der Waals surface area contributed by atoms with Gasteiger partial charge >= 0.3 is 0 Å². The summed E-state index contributed by atoms with van der Waals surface area (Å²) >= 11 is 0. The molecule has 0 fully saturated rings. The second-order valence-corrected chi connectivity index (χ2v) is 3.95. The second kappa shape index (κ2) is 6.91. The summed E-state index contributed by atoms with van der Waals surface area (Å²) in [5.74, 6) is 0.476. The molecule has 0 saturated carbocycles. The fourth-order valence-electron chi connectivity index (χ4n) is 1.83. The number of hydrogen-bond acceptors (Lipinski definition) is 3. The summed E-state index contributed by atoms with van der Waals surface area (Å²) in [5.41, 5.74) is -0.0557. The van der Waals surface area contributed by atoms with Crippen LogP contribution in [0.4, 0.5) is 0 Å². The average Bonchev–Trinajstić information content (AvgIpc) is 2.39. The molecule has 1 N–H and O–H groups in total. The van der Waals surface area contributed by atoms with Crippen LogP contribution in [0, 0.1) is 0 Å². The van der Waals surface area contributed by atoms with Crippen LogP contribution in [-0.4, -0.2) is 42.3 Å². The van der Waals surface area contributed by atoms with Crippen LogP contribution in [0.25, 0.3) is 0 Å². The van der Waals surface area contributed by atoms with Gasteiger partial charge in [-0.3, -0.25) is 9.98 Å². The molecule has 1 unspecified atom stereocenters. The fraction of sp³-hybridized carbons (Fsp3) is 0.429. The topological polar surface area (TPSA) is 48.2 Å². The maximum Gasteiger partial charge on any atom is 0.163 e. The Bertz CT molecular complexity index is 396. The molecule has 0 aromatic carbocycles. The Morgan fingerprint density at radius 1 is 1.44 bits per heavy atom. The number of rotatable bonds is 6. The van der Waals surface area contributed by atoms with Crippen LogP contribution in [0.2, 0.25) is 0 Å². The van der Waals surface area contributed by atoms with Crippen LogP contribution in [-0.2, 0) is 0 Å². The lowest BCUT2D eigenvalue weighted by molar-refractivity contribution is 0.133. The van der Waals surface area contributed by atoms with Gasteiger partial charge in [0.2, 0.25) is 0 Å². The molecule has 0 heterocycles. The van der Waals surface area contributed by atoms with E-state index in [-0.39, 0.29) is 0 Å². The number of amidine groups is 1. The fourth-order valence-corrected chi connectivity index (χ4v) is 1.83. The molecule has 0 spiro atoms. The largest absolute Gasteiger partial charge is 0.376 e. The summed E-state index contributed by atoms with van der Waals surface area (Å²) in [4.78, 5) is 9.78. The van der Waals surface area contributed by atoms with Crippen molar-refractivity contribution in [2.24, 2.45) is 9.98 Å². The monoisotopic (exact) mass is 249 g/mol. The van der Waals surface area contributed by atoms with Crippen molar-refractivity contribution in [1.82, 2.24) is 4.90 Å². The minimum Gasteiger partial charge on any atom is -0.376 e. The van der Waals surface area contributed by atoms with Crippen LogP contribution in [0.5, 0.6) is 0 Å². The van der Waals surface area contributed by atoms with Gasteiger partial charge in [-0.2, -0.15) is 0 Å². The molecule has 4 heteroatoms. The third kappa shape index (κ3) is 2.96. The highest BCUT2D eigenvalue weighted by molar-refractivity contribution is 5.94. The molecule has 0 saturated heterocycles. The van der Waals surface area contributed by atoms with Crippen molar-refractivity contribution in [3.05, 3.63) is 36.7 Å². The minimum absolute atomic E-state index is 0.428. The number of nitrogens with zero attached hydrogens (tertiary/aromatic N) is 3. The first-order valence-corrected chi connectivity index (χ1v) is 5.78. The number of aliphatic imine (C=N–C) groups is 2. The van der Waals surface area contributed by atoms with E-state index in [0.717, 1.165) is 5.57 Å². The van der Waals surface area contributed by atoms with Crippen LogP contribution < -0.4 is 0 Å². The summed E-state index contributed by atoms with van der Waals surface area (Å²) in [6.45, 7) is 14.6. The Kier molecular flexibility index (Phi) is 6.27. The van der Waals surface area contributed by atoms with Gasteiger partial charge in [0.15, 0.2) is 5.60 Å². The van der Waals surface area contributed by atoms with Crippen molar-refractivity contribution in [2.75, 3.05) is 14.1 Å². The van der Waals surface area contributed by atoms with E-state index in [9.17, 15) is 5.11 Å².